The number of nitrogens with zero attached hydrogens (tertiary/aromatic N) is 2. The summed E-state index contributed by atoms with van der Waals surface area (Å²) in [5.41, 5.74) is 4.82. The zero-order valence-corrected chi connectivity index (χ0v) is 7.20. The molecule has 0 aliphatic carbocycles. The van der Waals surface area contributed by atoms with E-state index < -0.39 is 19.1 Å². The summed E-state index contributed by atoms with van der Waals surface area (Å²) in [6.07, 6.45) is 2.87. The highest BCUT2D eigenvalue weighted by atomic mass is 19.3. The van der Waals surface area contributed by atoms with E-state index in [2.05, 4.69) is 5.10 Å². The third-order valence-corrected chi connectivity index (χ3v) is 1.43. The zero-order chi connectivity index (χ0) is 9.90. The van der Waals surface area contributed by atoms with Crippen LogP contribution in [0.25, 0.3) is 0 Å². The summed E-state index contributed by atoms with van der Waals surface area (Å²) >= 11 is 0. The van der Waals surface area contributed by atoms with Gasteiger partial charge in [-0.3, -0.25) is 4.68 Å². The molecule has 0 amide bonds. The molecule has 0 aliphatic rings. The predicted molar refractivity (Wildman–Crippen MR) is 42.7 cm³/mol. The first-order valence-corrected chi connectivity index (χ1v) is 3.73. The monoisotopic (exact) mass is 191 g/mol. The van der Waals surface area contributed by atoms with Gasteiger partial charge in [0.1, 0.15) is 0 Å². The Kier molecular flexibility index (Phi) is 2.82. The predicted octanol–water partition coefficient (Wildman–Crippen LogP) is 0.393. The van der Waals surface area contributed by atoms with Crippen LogP contribution in [0, 0.1) is 0 Å². The van der Waals surface area contributed by atoms with Gasteiger partial charge >= 0.3 is 0 Å². The molecule has 1 aromatic rings. The Morgan fingerprint density at radius 3 is 2.85 bits per heavy atom. The summed E-state index contributed by atoms with van der Waals surface area (Å²) in [5, 5.41) is 3.76. The van der Waals surface area contributed by atoms with Crippen molar-refractivity contribution >= 4 is 0 Å². The minimum absolute atomic E-state index is 0.315. The Morgan fingerprint density at radius 1 is 1.69 bits per heavy atom. The van der Waals surface area contributed by atoms with Crippen LogP contribution in [-0.2, 0) is 7.05 Å². The molecule has 0 radical (unpaired) electrons. The van der Waals surface area contributed by atoms with Gasteiger partial charge in [-0.2, -0.15) is 5.10 Å². The molecule has 0 spiro atoms. The van der Waals surface area contributed by atoms with E-state index in [1.165, 1.54) is 17.1 Å². The first-order valence-electron chi connectivity index (χ1n) is 3.73. The van der Waals surface area contributed by atoms with Crippen LogP contribution < -0.4 is 10.5 Å². The van der Waals surface area contributed by atoms with Crippen LogP contribution >= 0.6 is 0 Å². The van der Waals surface area contributed by atoms with Crippen LogP contribution in [-0.4, -0.2) is 28.9 Å². The number of rotatable bonds is 4. The Hall–Kier alpha value is -1.17. The van der Waals surface area contributed by atoms with E-state index in [0.717, 1.165) is 0 Å². The Morgan fingerprint density at radius 2 is 2.38 bits per heavy atom. The highest BCUT2D eigenvalue weighted by molar-refractivity contribution is 5.11. The van der Waals surface area contributed by atoms with Gasteiger partial charge in [0.05, 0.1) is 18.9 Å². The van der Waals surface area contributed by atoms with Crippen LogP contribution in [0.4, 0.5) is 8.78 Å². The maximum Gasteiger partial charge on any atom is 0.293 e. The molecule has 0 bridgehead atoms. The molecule has 13 heavy (non-hydrogen) atoms. The summed E-state index contributed by atoms with van der Waals surface area (Å²) in [7, 11) is 1.67. The normalized spacial score (nSPS) is 11.7. The van der Waals surface area contributed by atoms with E-state index in [0.29, 0.717) is 5.75 Å². The largest absolute Gasteiger partial charge is 0.484 e. The molecule has 0 aromatic carbocycles. The fraction of sp³-hybridized carbons (Fsp3) is 0.571. The van der Waals surface area contributed by atoms with Gasteiger partial charge in [-0.15, -0.1) is 0 Å². The summed E-state index contributed by atoms with van der Waals surface area (Å²) in [4.78, 5) is 0. The molecule has 74 valence electrons. The van der Waals surface area contributed by atoms with Crippen molar-refractivity contribution in [3.8, 4) is 5.75 Å². The van der Waals surface area contributed by atoms with Crippen molar-refractivity contribution < 1.29 is 13.5 Å². The molecule has 0 saturated heterocycles. The second-order valence-electron chi connectivity index (χ2n) is 2.70. The van der Waals surface area contributed by atoms with Crippen molar-refractivity contribution in [2.24, 2.45) is 12.8 Å². The Balaban J connectivity index is 2.43. The minimum Gasteiger partial charge on any atom is -0.484 e. The van der Waals surface area contributed by atoms with Crippen LogP contribution in [0.15, 0.2) is 12.4 Å². The van der Waals surface area contributed by atoms with Crippen LogP contribution in [0.2, 0.25) is 0 Å². The lowest BCUT2D eigenvalue weighted by Gasteiger charge is -2.13. The minimum atomic E-state index is -2.98. The molecule has 6 heteroatoms. The van der Waals surface area contributed by atoms with Crippen molar-refractivity contribution in [3.63, 3.8) is 0 Å². The molecule has 0 saturated carbocycles. The fourth-order valence-electron chi connectivity index (χ4n) is 0.721. The molecule has 1 rings (SSSR count). The van der Waals surface area contributed by atoms with Crippen LogP contribution in [0.5, 0.6) is 5.75 Å². The number of hydrogen-bond donors (Lipinski definition) is 1. The second kappa shape index (κ2) is 3.69. The number of alkyl halides is 2. The van der Waals surface area contributed by atoms with E-state index in [4.69, 9.17) is 10.5 Å². The van der Waals surface area contributed by atoms with Crippen molar-refractivity contribution in [2.45, 2.75) is 5.92 Å². The average molecular weight is 191 g/mol. The summed E-state index contributed by atoms with van der Waals surface area (Å²) in [6.45, 7) is -1.43. The standard InChI is InChI=1S/C7H11F2N3O/c1-12-3-6(2-11-12)13-5-7(8,9)4-10/h2-3H,4-5,10H2,1H3. The third-order valence-electron chi connectivity index (χ3n) is 1.43. The molecular weight excluding hydrogens is 180 g/mol. The lowest BCUT2D eigenvalue weighted by molar-refractivity contribution is -0.0319. The van der Waals surface area contributed by atoms with E-state index >= 15 is 0 Å². The molecule has 4 nitrogen and oxygen atoms in total. The Bertz CT molecular complexity index is 274. The number of aryl methyl sites for hydroxylation is 1. The van der Waals surface area contributed by atoms with Crippen molar-refractivity contribution in [1.82, 2.24) is 9.78 Å². The van der Waals surface area contributed by atoms with Crippen LogP contribution in [0.1, 0.15) is 0 Å². The second-order valence-corrected chi connectivity index (χ2v) is 2.70. The number of halogens is 2. The lowest BCUT2D eigenvalue weighted by Crippen LogP contribution is -2.34. The van der Waals surface area contributed by atoms with Gasteiger partial charge < -0.3 is 10.5 Å². The topological polar surface area (TPSA) is 53.1 Å². The number of ether oxygens (including phenoxy) is 1. The zero-order valence-electron chi connectivity index (χ0n) is 7.20. The van der Waals surface area contributed by atoms with E-state index in [9.17, 15) is 8.78 Å². The van der Waals surface area contributed by atoms with Gasteiger partial charge in [0, 0.05) is 7.05 Å². The van der Waals surface area contributed by atoms with Gasteiger partial charge in [-0.1, -0.05) is 0 Å². The smallest absolute Gasteiger partial charge is 0.293 e. The average Bonchev–Trinajstić information content (AvgIpc) is 2.48. The van der Waals surface area contributed by atoms with Gasteiger partial charge in [0.25, 0.3) is 5.92 Å². The van der Waals surface area contributed by atoms with E-state index in [-0.39, 0.29) is 0 Å². The fourth-order valence-corrected chi connectivity index (χ4v) is 0.721. The van der Waals surface area contributed by atoms with Gasteiger partial charge in [-0.05, 0) is 0 Å². The quantitative estimate of drug-likeness (QED) is 0.749. The van der Waals surface area contributed by atoms with Gasteiger partial charge in [0.2, 0.25) is 0 Å². The number of hydrogen-bond acceptors (Lipinski definition) is 3. The summed E-state index contributed by atoms with van der Waals surface area (Å²) < 4.78 is 31.4. The maximum atomic E-state index is 12.6. The molecule has 0 unspecified atom stereocenters. The molecule has 1 heterocycles. The highest BCUT2D eigenvalue weighted by Gasteiger charge is 2.27. The van der Waals surface area contributed by atoms with E-state index in [1.54, 1.807) is 7.05 Å². The Labute approximate surface area is 74.3 Å². The molecule has 1 aromatic heterocycles. The highest BCUT2D eigenvalue weighted by Crippen LogP contribution is 2.14. The molecule has 0 atom stereocenters. The van der Waals surface area contributed by atoms with Gasteiger partial charge in [-0.25, -0.2) is 8.78 Å². The number of nitrogens with two attached hydrogens (primary N) is 1. The SMILES string of the molecule is Cn1cc(OCC(F)(F)CN)cn1. The molecule has 2 N–H and O–H groups in total. The lowest BCUT2D eigenvalue weighted by atomic mass is 10.4. The van der Waals surface area contributed by atoms with Gasteiger partial charge in [0.15, 0.2) is 12.4 Å². The van der Waals surface area contributed by atoms with Crippen LogP contribution in [0.3, 0.4) is 0 Å². The van der Waals surface area contributed by atoms with Crippen molar-refractivity contribution in [2.75, 3.05) is 13.2 Å². The van der Waals surface area contributed by atoms with E-state index in [1.807, 2.05) is 0 Å². The first-order chi connectivity index (χ1) is 6.03. The first kappa shape index (κ1) is 9.91. The summed E-state index contributed by atoms with van der Waals surface area (Å²) in [6, 6.07) is 0. The molecule has 0 aliphatic heterocycles. The summed E-state index contributed by atoms with van der Waals surface area (Å²) in [5.74, 6) is -2.66. The molecular formula is C7H11F2N3O. The number of aromatic nitrogens is 2. The molecule has 0 fully saturated rings. The maximum absolute atomic E-state index is 12.6. The third kappa shape index (κ3) is 2.98. The van der Waals surface area contributed by atoms with Crippen molar-refractivity contribution in [3.05, 3.63) is 12.4 Å². The van der Waals surface area contributed by atoms with Crippen molar-refractivity contribution in [1.29, 1.82) is 0 Å².